The van der Waals surface area contributed by atoms with Gasteiger partial charge in [0.2, 0.25) is 0 Å². The molecular formula is C12H19N. The van der Waals surface area contributed by atoms with E-state index in [0.29, 0.717) is 5.92 Å². The summed E-state index contributed by atoms with van der Waals surface area (Å²) in [6.45, 7) is 8.84. The lowest BCUT2D eigenvalue weighted by Gasteiger charge is -2.10. The fourth-order valence-corrected chi connectivity index (χ4v) is 1.69. The average molecular weight is 177 g/mol. The molecule has 1 aliphatic rings. The fourth-order valence-electron chi connectivity index (χ4n) is 1.69. The van der Waals surface area contributed by atoms with Gasteiger partial charge in [0.05, 0.1) is 0 Å². The summed E-state index contributed by atoms with van der Waals surface area (Å²) in [5, 5.41) is 0. The zero-order valence-corrected chi connectivity index (χ0v) is 9.09. The molecule has 0 unspecified atom stereocenters. The molecule has 0 spiro atoms. The van der Waals surface area contributed by atoms with Crippen LogP contribution in [0.2, 0.25) is 0 Å². The van der Waals surface area contributed by atoms with Crippen LogP contribution in [-0.2, 0) is 0 Å². The van der Waals surface area contributed by atoms with Gasteiger partial charge in [-0.25, -0.2) is 0 Å². The van der Waals surface area contributed by atoms with E-state index in [9.17, 15) is 0 Å². The highest BCUT2D eigenvalue weighted by molar-refractivity contribution is 5.65. The molecule has 0 N–H and O–H groups in total. The van der Waals surface area contributed by atoms with Crippen molar-refractivity contribution in [3.8, 4) is 0 Å². The molecule has 0 bridgehead atoms. The Morgan fingerprint density at radius 3 is 2.69 bits per heavy atom. The Bertz CT molecular complexity index is 267. The first-order chi connectivity index (χ1) is 6.15. The monoisotopic (exact) mass is 177 g/mol. The maximum absolute atomic E-state index is 4.42. The molecule has 1 rings (SSSR count). The predicted molar refractivity (Wildman–Crippen MR) is 59.0 cm³/mol. The van der Waals surface area contributed by atoms with Gasteiger partial charge in [-0.15, -0.1) is 0 Å². The summed E-state index contributed by atoms with van der Waals surface area (Å²) in [5.74, 6) is 0.638. The Morgan fingerprint density at radius 1 is 1.46 bits per heavy atom. The third-order valence-electron chi connectivity index (χ3n) is 2.52. The predicted octanol–water partition coefficient (Wildman–Crippen LogP) is 3.73. The number of hydrogen-bond acceptors (Lipinski definition) is 1. The molecule has 1 aliphatic heterocycles. The Labute approximate surface area is 81.3 Å². The van der Waals surface area contributed by atoms with E-state index in [-0.39, 0.29) is 0 Å². The average Bonchev–Trinajstić information content (AvgIpc) is 2.26. The zero-order valence-electron chi connectivity index (χ0n) is 9.09. The molecule has 0 saturated heterocycles. The molecule has 0 aromatic heterocycles. The van der Waals surface area contributed by atoms with E-state index >= 15 is 0 Å². The van der Waals surface area contributed by atoms with Crippen LogP contribution in [0.1, 0.15) is 40.5 Å². The van der Waals surface area contributed by atoms with Crippen LogP contribution >= 0.6 is 0 Å². The van der Waals surface area contributed by atoms with Gasteiger partial charge in [0.25, 0.3) is 0 Å². The van der Waals surface area contributed by atoms with E-state index in [2.05, 4.69) is 38.8 Å². The van der Waals surface area contributed by atoms with Crippen LogP contribution in [-0.4, -0.2) is 6.21 Å². The van der Waals surface area contributed by atoms with E-state index in [1.54, 1.807) is 0 Å². The molecule has 0 atom stereocenters. The summed E-state index contributed by atoms with van der Waals surface area (Å²) < 4.78 is 0. The number of hydrogen-bond donors (Lipinski definition) is 0. The van der Waals surface area contributed by atoms with Crippen molar-refractivity contribution in [1.29, 1.82) is 0 Å². The molecule has 72 valence electrons. The first kappa shape index (κ1) is 10.2. The zero-order chi connectivity index (χ0) is 9.84. The summed E-state index contributed by atoms with van der Waals surface area (Å²) in [6.07, 6.45) is 6.31. The smallest absolute Gasteiger partial charge is 0.0399 e. The van der Waals surface area contributed by atoms with Crippen LogP contribution in [0.4, 0.5) is 0 Å². The van der Waals surface area contributed by atoms with Gasteiger partial charge in [-0.05, 0) is 30.9 Å². The molecule has 0 aliphatic carbocycles. The second kappa shape index (κ2) is 4.40. The summed E-state index contributed by atoms with van der Waals surface area (Å²) in [6, 6.07) is 0. The Hall–Kier alpha value is -0.850. The number of allylic oxidation sites excluding steroid dienone is 4. The Morgan fingerprint density at radius 2 is 2.15 bits per heavy atom. The Kier molecular flexibility index (Phi) is 3.47. The highest BCUT2D eigenvalue weighted by Crippen LogP contribution is 2.22. The van der Waals surface area contributed by atoms with Crippen molar-refractivity contribution < 1.29 is 0 Å². The first-order valence-corrected chi connectivity index (χ1v) is 5.07. The van der Waals surface area contributed by atoms with Crippen molar-refractivity contribution in [3.05, 3.63) is 22.9 Å². The molecule has 0 aromatic rings. The van der Waals surface area contributed by atoms with Gasteiger partial charge in [0, 0.05) is 18.3 Å². The minimum absolute atomic E-state index is 0.638. The largest absolute Gasteiger partial charge is 0.265 e. The normalized spacial score (nSPS) is 17.8. The van der Waals surface area contributed by atoms with Crippen molar-refractivity contribution in [3.63, 3.8) is 0 Å². The quantitative estimate of drug-likeness (QED) is 0.609. The summed E-state index contributed by atoms with van der Waals surface area (Å²) in [4.78, 5) is 4.42. The molecule has 0 aromatic carbocycles. The first-order valence-electron chi connectivity index (χ1n) is 5.07. The third kappa shape index (κ3) is 2.55. The molecule has 13 heavy (non-hydrogen) atoms. The number of aliphatic imine (C=N–C) groups is 1. The van der Waals surface area contributed by atoms with Crippen molar-refractivity contribution in [2.24, 2.45) is 10.9 Å². The standard InChI is InChI=1S/C12H19N/c1-5-11-8-10(4)12(9(2)3)6-7-13-11/h7-9H,5-6H2,1-4H3. The third-order valence-corrected chi connectivity index (χ3v) is 2.52. The molecule has 1 heteroatoms. The highest BCUT2D eigenvalue weighted by atomic mass is 14.7. The van der Waals surface area contributed by atoms with Gasteiger partial charge in [0.15, 0.2) is 0 Å². The summed E-state index contributed by atoms with van der Waals surface area (Å²) >= 11 is 0. The Balaban J connectivity index is 2.97. The molecule has 1 heterocycles. The molecule has 0 amide bonds. The van der Waals surface area contributed by atoms with Gasteiger partial charge in [0.1, 0.15) is 0 Å². The molecule has 0 radical (unpaired) electrons. The van der Waals surface area contributed by atoms with Crippen LogP contribution in [0.5, 0.6) is 0 Å². The highest BCUT2D eigenvalue weighted by Gasteiger charge is 2.07. The maximum Gasteiger partial charge on any atom is 0.0399 e. The summed E-state index contributed by atoms with van der Waals surface area (Å²) in [7, 11) is 0. The maximum atomic E-state index is 4.42. The van der Waals surface area contributed by atoms with Crippen LogP contribution < -0.4 is 0 Å². The summed E-state index contributed by atoms with van der Waals surface area (Å²) in [5.41, 5.74) is 4.13. The minimum atomic E-state index is 0.638. The van der Waals surface area contributed by atoms with Gasteiger partial charge >= 0.3 is 0 Å². The topological polar surface area (TPSA) is 12.4 Å². The second-order valence-electron chi connectivity index (χ2n) is 3.87. The van der Waals surface area contributed by atoms with Crippen LogP contribution in [0.3, 0.4) is 0 Å². The van der Waals surface area contributed by atoms with E-state index in [1.807, 2.05) is 6.21 Å². The number of nitrogens with zero attached hydrogens (tertiary/aromatic N) is 1. The molecule has 1 nitrogen and oxygen atoms in total. The van der Waals surface area contributed by atoms with E-state index in [1.165, 1.54) is 16.8 Å². The van der Waals surface area contributed by atoms with Crippen LogP contribution in [0, 0.1) is 5.92 Å². The van der Waals surface area contributed by atoms with E-state index in [0.717, 1.165) is 12.8 Å². The SMILES string of the molecule is CCC1=CC(C)=C(C(C)C)CC=N1. The lowest BCUT2D eigenvalue weighted by atomic mass is 9.95. The van der Waals surface area contributed by atoms with Crippen LogP contribution in [0.15, 0.2) is 27.9 Å². The van der Waals surface area contributed by atoms with Gasteiger partial charge in [-0.2, -0.15) is 0 Å². The van der Waals surface area contributed by atoms with E-state index in [4.69, 9.17) is 0 Å². The van der Waals surface area contributed by atoms with Crippen molar-refractivity contribution in [2.75, 3.05) is 0 Å². The molecule has 0 saturated carbocycles. The molecule has 0 fully saturated rings. The van der Waals surface area contributed by atoms with Crippen molar-refractivity contribution in [1.82, 2.24) is 0 Å². The van der Waals surface area contributed by atoms with Gasteiger partial charge in [-0.3, -0.25) is 4.99 Å². The van der Waals surface area contributed by atoms with Gasteiger partial charge in [-0.1, -0.05) is 26.3 Å². The van der Waals surface area contributed by atoms with Gasteiger partial charge < -0.3 is 0 Å². The van der Waals surface area contributed by atoms with E-state index < -0.39 is 0 Å². The number of rotatable bonds is 2. The lowest BCUT2D eigenvalue weighted by molar-refractivity contribution is 0.748. The minimum Gasteiger partial charge on any atom is -0.265 e. The molecular weight excluding hydrogens is 158 g/mol. The van der Waals surface area contributed by atoms with Crippen LogP contribution in [0.25, 0.3) is 0 Å². The van der Waals surface area contributed by atoms with Crippen molar-refractivity contribution in [2.45, 2.75) is 40.5 Å². The van der Waals surface area contributed by atoms with Crippen molar-refractivity contribution >= 4 is 6.21 Å². The lowest BCUT2D eigenvalue weighted by Crippen LogP contribution is -1.96. The second-order valence-corrected chi connectivity index (χ2v) is 3.87. The fraction of sp³-hybridized carbons (Fsp3) is 0.583.